The van der Waals surface area contributed by atoms with Gasteiger partial charge in [0.1, 0.15) is 18.5 Å². The molecule has 0 amide bonds. The van der Waals surface area contributed by atoms with Crippen LogP contribution in [0.25, 0.3) is 0 Å². The van der Waals surface area contributed by atoms with E-state index in [1.807, 2.05) is 0 Å². The molecule has 2 aliphatic heterocycles. The van der Waals surface area contributed by atoms with E-state index in [1.54, 1.807) is 12.1 Å². The van der Waals surface area contributed by atoms with Crippen LogP contribution in [0.3, 0.4) is 0 Å². The Hall–Kier alpha value is -1.70. The van der Waals surface area contributed by atoms with Gasteiger partial charge in [0, 0.05) is 31.2 Å². The first kappa shape index (κ1) is 17.1. The Bertz CT molecular complexity index is 583. The second kappa shape index (κ2) is 7.46. The molecule has 0 spiro atoms. The van der Waals surface area contributed by atoms with Crippen LogP contribution < -0.4 is 4.74 Å². The van der Waals surface area contributed by atoms with Gasteiger partial charge in [-0.15, -0.1) is 0 Å². The van der Waals surface area contributed by atoms with Crippen LogP contribution in [0.5, 0.6) is 5.75 Å². The van der Waals surface area contributed by atoms with Crippen LogP contribution >= 0.6 is 0 Å². The summed E-state index contributed by atoms with van der Waals surface area (Å²) >= 11 is 0. The Morgan fingerprint density at radius 2 is 2.17 bits per heavy atom. The minimum Gasteiger partial charge on any atom is -0.491 e. The predicted molar refractivity (Wildman–Crippen MR) is 90.2 cm³/mol. The average Bonchev–Trinajstić information content (AvgIpc) is 2.84. The first-order valence-corrected chi connectivity index (χ1v) is 8.52. The number of likely N-dealkylation sites (N-methyl/N-ethyl adjacent to an activating group) is 1. The first-order valence-electron chi connectivity index (χ1n) is 8.52. The van der Waals surface area contributed by atoms with Crippen molar-refractivity contribution in [2.24, 2.45) is 0 Å². The molecular weight excluding hydrogens is 310 g/mol. The minimum atomic E-state index is -0.601. The number of hydrogen-bond acceptors (Lipinski definition) is 6. The number of nitro groups is 1. The molecule has 2 bridgehead atoms. The monoisotopic (exact) mass is 335 g/mol. The van der Waals surface area contributed by atoms with Crippen molar-refractivity contribution in [2.45, 2.75) is 37.5 Å². The zero-order valence-electron chi connectivity index (χ0n) is 14.0. The lowest BCUT2D eigenvalue weighted by molar-refractivity contribution is -0.384. The van der Waals surface area contributed by atoms with Gasteiger partial charge in [0.25, 0.3) is 5.69 Å². The van der Waals surface area contributed by atoms with Crippen LogP contribution in [0.1, 0.15) is 19.3 Å². The number of nitrogens with zero attached hydrogens (tertiary/aromatic N) is 3. The van der Waals surface area contributed by atoms with Crippen LogP contribution in [-0.4, -0.2) is 71.3 Å². The number of rotatable bonds is 6. The maximum Gasteiger partial charge on any atom is 0.273 e. The van der Waals surface area contributed by atoms with Crippen molar-refractivity contribution in [1.29, 1.82) is 0 Å². The molecule has 24 heavy (non-hydrogen) atoms. The quantitative estimate of drug-likeness (QED) is 0.627. The maximum absolute atomic E-state index is 10.8. The fourth-order valence-corrected chi connectivity index (χ4v) is 3.81. The molecule has 7 nitrogen and oxygen atoms in total. The molecule has 0 saturated carbocycles. The lowest BCUT2D eigenvalue weighted by Gasteiger charge is -2.30. The zero-order chi connectivity index (χ0) is 17.1. The number of non-ortho nitro benzene ring substituents is 1. The summed E-state index contributed by atoms with van der Waals surface area (Å²) in [5.41, 5.74) is -0.00408. The molecule has 0 aliphatic carbocycles. The van der Waals surface area contributed by atoms with E-state index in [4.69, 9.17) is 4.74 Å². The van der Waals surface area contributed by atoms with E-state index in [9.17, 15) is 15.2 Å². The Morgan fingerprint density at radius 3 is 2.96 bits per heavy atom. The van der Waals surface area contributed by atoms with Crippen LogP contribution in [-0.2, 0) is 0 Å². The highest BCUT2D eigenvalue weighted by molar-refractivity contribution is 5.37. The Morgan fingerprint density at radius 1 is 1.38 bits per heavy atom. The second-order valence-corrected chi connectivity index (χ2v) is 6.85. The summed E-state index contributed by atoms with van der Waals surface area (Å²) in [6, 6.07) is 7.13. The minimum absolute atomic E-state index is 0.00408. The number of fused-ring (bicyclic) bond motifs is 2. The molecule has 2 fully saturated rings. The molecule has 2 heterocycles. The first-order chi connectivity index (χ1) is 11.5. The van der Waals surface area contributed by atoms with E-state index in [0.717, 1.165) is 19.5 Å². The lowest BCUT2D eigenvalue weighted by atomic mass is 10.1. The molecule has 2 aliphatic rings. The molecule has 132 valence electrons. The number of hydrogen-bond donors (Lipinski definition) is 1. The summed E-state index contributed by atoms with van der Waals surface area (Å²) in [4.78, 5) is 15.1. The smallest absolute Gasteiger partial charge is 0.273 e. The van der Waals surface area contributed by atoms with Gasteiger partial charge in [0.15, 0.2) is 0 Å². The van der Waals surface area contributed by atoms with Gasteiger partial charge in [-0.2, -0.15) is 0 Å². The van der Waals surface area contributed by atoms with Crippen LogP contribution in [0.2, 0.25) is 0 Å². The molecule has 3 atom stereocenters. The third-order valence-corrected chi connectivity index (χ3v) is 5.03. The summed E-state index contributed by atoms with van der Waals surface area (Å²) in [7, 11) is 2.15. The second-order valence-electron chi connectivity index (χ2n) is 6.85. The van der Waals surface area contributed by atoms with Gasteiger partial charge in [-0.3, -0.25) is 15.0 Å². The summed E-state index contributed by atoms with van der Waals surface area (Å²) in [6.45, 7) is 2.90. The van der Waals surface area contributed by atoms with Crippen LogP contribution in [0.15, 0.2) is 24.3 Å². The molecule has 1 N–H and O–H groups in total. The van der Waals surface area contributed by atoms with Crippen molar-refractivity contribution in [3.63, 3.8) is 0 Å². The van der Waals surface area contributed by atoms with E-state index in [1.165, 1.54) is 25.0 Å². The van der Waals surface area contributed by atoms with Crippen molar-refractivity contribution in [1.82, 2.24) is 9.80 Å². The van der Waals surface area contributed by atoms with E-state index >= 15 is 0 Å². The fraction of sp³-hybridized carbons (Fsp3) is 0.647. The molecule has 2 saturated heterocycles. The SMILES string of the molecule is CN1CC[C@@H]2CC[C@H](C1)N2CC(O)COc1cccc([N+](=O)[O-])c1. The van der Waals surface area contributed by atoms with Gasteiger partial charge >= 0.3 is 0 Å². The third kappa shape index (κ3) is 4.03. The Labute approximate surface area is 142 Å². The van der Waals surface area contributed by atoms with Gasteiger partial charge in [0.05, 0.1) is 11.0 Å². The number of nitro benzene ring substituents is 1. The average molecular weight is 335 g/mol. The largest absolute Gasteiger partial charge is 0.491 e. The van der Waals surface area contributed by atoms with Crippen molar-refractivity contribution >= 4 is 5.69 Å². The van der Waals surface area contributed by atoms with Gasteiger partial charge < -0.3 is 14.7 Å². The lowest BCUT2D eigenvalue weighted by Crippen LogP contribution is -2.44. The predicted octanol–water partition coefficient (Wildman–Crippen LogP) is 1.50. The van der Waals surface area contributed by atoms with Crippen molar-refractivity contribution in [3.05, 3.63) is 34.4 Å². The number of benzene rings is 1. The summed E-state index contributed by atoms with van der Waals surface area (Å²) in [5, 5.41) is 21.1. The normalized spacial score (nSPS) is 26.1. The molecule has 0 radical (unpaired) electrons. The van der Waals surface area contributed by atoms with Crippen LogP contribution in [0, 0.1) is 10.1 Å². The number of ether oxygens (including phenoxy) is 1. The zero-order valence-corrected chi connectivity index (χ0v) is 14.0. The van der Waals surface area contributed by atoms with Gasteiger partial charge in [-0.25, -0.2) is 0 Å². The number of aliphatic hydroxyl groups excluding tert-OH is 1. The highest BCUT2D eigenvalue weighted by Crippen LogP contribution is 2.30. The van der Waals surface area contributed by atoms with E-state index < -0.39 is 11.0 Å². The summed E-state index contributed by atoms with van der Waals surface area (Å²) in [6.07, 6.45) is 2.94. The van der Waals surface area contributed by atoms with Crippen LogP contribution in [0.4, 0.5) is 5.69 Å². The summed E-state index contributed by atoms with van der Waals surface area (Å²) in [5.74, 6) is 0.418. The Kier molecular flexibility index (Phi) is 5.33. The standard InChI is InChI=1S/C17H25N3O4/c1-18-8-7-13-5-6-15(10-18)19(13)11-16(21)12-24-17-4-2-3-14(9-17)20(22)23/h2-4,9,13,15-16,21H,5-8,10-12H2,1H3/t13-,15+,16?/m0/s1. The van der Waals surface area contributed by atoms with E-state index in [0.29, 0.717) is 24.4 Å². The van der Waals surface area contributed by atoms with E-state index in [-0.39, 0.29) is 12.3 Å². The van der Waals surface area contributed by atoms with Crippen molar-refractivity contribution in [3.8, 4) is 5.75 Å². The molecule has 0 aromatic heterocycles. The molecule has 7 heteroatoms. The highest BCUT2D eigenvalue weighted by Gasteiger charge is 2.37. The highest BCUT2D eigenvalue weighted by atomic mass is 16.6. The van der Waals surface area contributed by atoms with Crippen molar-refractivity contribution < 1.29 is 14.8 Å². The van der Waals surface area contributed by atoms with Crippen molar-refractivity contribution in [2.75, 3.05) is 33.3 Å². The fourth-order valence-electron chi connectivity index (χ4n) is 3.81. The van der Waals surface area contributed by atoms with Gasteiger partial charge in [-0.05, 0) is 38.9 Å². The molecule has 1 unspecified atom stereocenters. The molecule has 1 aromatic rings. The summed E-state index contributed by atoms with van der Waals surface area (Å²) < 4.78 is 5.55. The maximum atomic E-state index is 10.8. The van der Waals surface area contributed by atoms with Gasteiger partial charge in [-0.1, -0.05) is 6.07 Å². The molecule has 3 rings (SSSR count). The Balaban J connectivity index is 1.53. The number of likely N-dealkylation sites (tertiary alicyclic amines) is 1. The topological polar surface area (TPSA) is 79.1 Å². The molecule has 1 aromatic carbocycles. The van der Waals surface area contributed by atoms with E-state index in [2.05, 4.69) is 16.8 Å². The third-order valence-electron chi connectivity index (χ3n) is 5.03. The molecular formula is C17H25N3O4. The number of aliphatic hydroxyl groups is 1. The van der Waals surface area contributed by atoms with Gasteiger partial charge in [0.2, 0.25) is 0 Å².